The van der Waals surface area contributed by atoms with Crippen LogP contribution >= 0.6 is 0 Å². The number of ketones is 1. The zero-order valence-corrected chi connectivity index (χ0v) is 25.7. The zero-order chi connectivity index (χ0) is 30.1. The number of H-pyrrole nitrogens is 1. The molecule has 0 radical (unpaired) electrons. The lowest BCUT2D eigenvalue weighted by molar-refractivity contribution is -0.113. The number of carbonyl (C=O) groups excluding carboxylic acids is 1. The second-order valence-corrected chi connectivity index (χ2v) is 14.1. The summed E-state index contributed by atoms with van der Waals surface area (Å²) in [5, 5.41) is 16.6. The van der Waals surface area contributed by atoms with Crippen molar-refractivity contribution in [2.24, 2.45) is 22.2 Å². The molecule has 226 valence electrons. The second kappa shape index (κ2) is 12.3. The number of rotatable bonds is 8. The molecule has 2 N–H and O–H groups in total. The van der Waals surface area contributed by atoms with Gasteiger partial charge in [-0.2, -0.15) is 5.10 Å². The molecular weight excluding hydrogens is 536 g/mol. The number of pyridine rings is 1. The molecule has 1 saturated carbocycles. The van der Waals surface area contributed by atoms with Crippen molar-refractivity contribution in [1.82, 2.24) is 15.2 Å². The fourth-order valence-electron chi connectivity index (χ4n) is 7.20. The van der Waals surface area contributed by atoms with Crippen LogP contribution in [0.25, 0.3) is 11.3 Å². The number of hydrogen-bond acceptors (Lipinski definition) is 6. The number of Topliss-reactive ketones (excluding diaryl/α,β-unsaturated/α-hetero) is 1. The lowest BCUT2D eigenvalue weighted by Crippen LogP contribution is -2.27. The van der Waals surface area contributed by atoms with Crippen molar-refractivity contribution in [2.75, 3.05) is 0 Å². The molecule has 43 heavy (non-hydrogen) atoms. The van der Waals surface area contributed by atoms with Crippen molar-refractivity contribution in [3.05, 3.63) is 75.3 Å². The van der Waals surface area contributed by atoms with Crippen LogP contribution in [-0.2, 0) is 24.1 Å². The molecule has 3 aliphatic rings. The number of aliphatic imine (C=N–C) groups is 1. The normalized spacial score (nSPS) is 22.4. The summed E-state index contributed by atoms with van der Waals surface area (Å²) in [4.78, 5) is 35.1. The monoisotopic (exact) mass is 580 g/mol. The fourth-order valence-corrected chi connectivity index (χ4v) is 7.20. The Hall–Kier alpha value is -3.45. The van der Waals surface area contributed by atoms with E-state index in [1.165, 1.54) is 17.3 Å². The highest BCUT2D eigenvalue weighted by atomic mass is 16.3. The number of hydrogen-bond donors (Lipinski definition) is 2. The third kappa shape index (κ3) is 6.87. The van der Waals surface area contributed by atoms with Gasteiger partial charge in [-0.15, -0.1) is 0 Å². The van der Waals surface area contributed by atoms with Crippen molar-refractivity contribution in [2.45, 2.75) is 103 Å². The summed E-state index contributed by atoms with van der Waals surface area (Å²) in [5.41, 5.74) is 7.77. The molecule has 1 aliphatic heterocycles. The fraction of sp³-hybridized carbons (Fsp3) is 0.528. The minimum atomic E-state index is -0.226. The first-order valence-corrected chi connectivity index (χ1v) is 16.1. The van der Waals surface area contributed by atoms with Gasteiger partial charge in [0.05, 0.1) is 28.9 Å². The molecular formula is C36H44N4O3. The van der Waals surface area contributed by atoms with E-state index in [1.54, 1.807) is 6.07 Å². The molecule has 7 nitrogen and oxygen atoms in total. The number of aliphatic hydroxyl groups is 1. The van der Waals surface area contributed by atoms with Gasteiger partial charge in [0.1, 0.15) is 0 Å². The number of benzene rings is 1. The predicted octanol–water partition coefficient (Wildman–Crippen LogP) is 6.69. The van der Waals surface area contributed by atoms with E-state index in [2.05, 4.69) is 49.2 Å². The van der Waals surface area contributed by atoms with Gasteiger partial charge < -0.3 is 5.11 Å². The Kier molecular flexibility index (Phi) is 8.45. The van der Waals surface area contributed by atoms with Crippen molar-refractivity contribution in [3.8, 4) is 11.3 Å². The zero-order valence-electron chi connectivity index (χ0n) is 25.7. The highest BCUT2D eigenvalue weighted by Crippen LogP contribution is 2.40. The molecule has 2 aromatic heterocycles. The summed E-state index contributed by atoms with van der Waals surface area (Å²) < 4.78 is 0. The SMILES string of the molecule is CC(C)(C)[C@H]1CCc2nc3c(cc2C1)N=C(C(=O)C[C@H](CCC1CCC(O)CC1)c1ccc(-c2ccc(=O)[nH]n2)cc1)C3. The summed E-state index contributed by atoms with van der Waals surface area (Å²) in [6, 6.07) is 13.6. The predicted molar refractivity (Wildman–Crippen MR) is 170 cm³/mol. The average molecular weight is 581 g/mol. The van der Waals surface area contributed by atoms with Gasteiger partial charge in [-0.05, 0) is 104 Å². The maximum atomic E-state index is 13.8. The van der Waals surface area contributed by atoms with Crippen LogP contribution in [0.1, 0.15) is 101 Å². The van der Waals surface area contributed by atoms with Gasteiger partial charge in [-0.3, -0.25) is 14.6 Å². The molecule has 2 atom stereocenters. The van der Waals surface area contributed by atoms with Crippen LogP contribution in [0.15, 0.2) is 52.3 Å². The maximum absolute atomic E-state index is 13.8. The Morgan fingerprint density at radius 1 is 1.02 bits per heavy atom. The van der Waals surface area contributed by atoms with Gasteiger partial charge in [-0.1, -0.05) is 45.0 Å². The topological polar surface area (TPSA) is 108 Å². The summed E-state index contributed by atoms with van der Waals surface area (Å²) in [6.07, 6.45) is 9.78. The van der Waals surface area contributed by atoms with E-state index in [1.807, 2.05) is 12.1 Å². The number of aliphatic hydroxyl groups excluding tert-OH is 1. The van der Waals surface area contributed by atoms with E-state index >= 15 is 0 Å². The summed E-state index contributed by atoms with van der Waals surface area (Å²) >= 11 is 0. The van der Waals surface area contributed by atoms with Crippen molar-refractivity contribution < 1.29 is 9.90 Å². The minimum Gasteiger partial charge on any atom is -0.393 e. The number of nitrogens with zero attached hydrogens (tertiary/aromatic N) is 3. The Morgan fingerprint density at radius 2 is 1.79 bits per heavy atom. The maximum Gasteiger partial charge on any atom is 0.264 e. The summed E-state index contributed by atoms with van der Waals surface area (Å²) in [7, 11) is 0. The van der Waals surface area contributed by atoms with Crippen molar-refractivity contribution in [3.63, 3.8) is 0 Å². The number of aromatic nitrogens is 3. The molecule has 0 amide bonds. The van der Waals surface area contributed by atoms with Gasteiger partial charge in [0.15, 0.2) is 5.78 Å². The van der Waals surface area contributed by atoms with Crippen LogP contribution in [0.3, 0.4) is 0 Å². The molecule has 0 bridgehead atoms. The van der Waals surface area contributed by atoms with Crippen LogP contribution in [0.5, 0.6) is 0 Å². The van der Waals surface area contributed by atoms with Gasteiger partial charge in [0.2, 0.25) is 0 Å². The average Bonchev–Trinajstić information content (AvgIpc) is 3.41. The summed E-state index contributed by atoms with van der Waals surface area (Å²) in [5.74, 6) is 1.41. The molecule has 3 heterocycles. The highest BCUT2D eigenvalue weighted by Gasteiger charge is 2.32. The molecule has 0 unspecified atom stereocenters. The number of fused-ring (bicyclic) bond motifs is 2. The first-order chi connectivity index (χ1) is 20.6. The molecule has 1 fully saturated rings. The minimum absolute atomic E-state index is 0.0806. The van der Waals surface area contributed by atoms with Gasteiger partial charge in [0.25, 0.3) is 5.56 Å². The Balaban J connectivity index is 1.18. The second-order valence-electron chi connectivity index (χ2n) is 14.1. The molecule has 6 rings (SSSR count). The number of carbonyl (C=O) groups is 1. The van der Waals surface area contributed by atoms with Crippen LogP contribution in [0.2, 0.25) is 0 Å². The Labute approximate surface area is 254 Å². The third-order valence-corrected chi connectivity index (χ3v) is 10.1. The van der Waals surface area contributed by atoms with Crippen LogP contribution in [0.4, 0.5) is 5.69 Å². The van der Waals surface area contributed by atoms with Crippen LogP contribution < -0.4 is 5.56 Å². The molecule has 7 heteroatoms. The van der Waals surface area contributed by atoms with Gasteiger partial charge in [0, 0.05) is 30.2 Å². The van der Waals surface area contributed by atoms with E-state index in [0.29, 0.717) is 36.1 Å². The van der Waals surface area contributed by atoms with Gasteiger partial charge in [-0.25, -0.2) is 10.1 Å². The van der Waals surface area contributed by atoms with E-state index in [9.17, 15) is 14.7 Å². The number of nitrogens with one attached hydrogen (secondary N) is 1. The quantitative estimate of drug-likeness (QED) is 0.309. The smallest absolute Gasteiger partial charge is 0.264 e. The van der Waals surface area contributed by atoms with E-state index < -0.39 is 0 Å². The van der Waals surface area contributed by atoms with Gasteiger partial charge >= 0.3 is 0 Å². The van der Waals surface area contributed by atoms with Crippen molar-refractivity contribution in [1.29, 1.82) is 0 Å². The number of aromatic amines is 1. The van der Waals surface area contributed by atoms with Crippen molar-refractivity contribution >= 4 is 17.2 Å². The first-order valence-electron chi connectivity index (χ1n) is 16.1. The third-order valence-electron chi connectivity index (χ3n) is 10.1. The van der Waals surface area contributed by atoms with Crippen LogP contribution in [0, 0.1) is 17.3 Å². The molecule has 3 aromatic rings. The number of aryl methyl sites for hydroxylation is 1. The largest absolute Gasteiger partial charge is 0.393 e. The van der Waals surface area contributed by atoms with E-state index in [0.717, 1.165) is 80.3 Å². The lowest BCUT2D eigenvalue weighted by Gasteiger charge is -2.34. The lowest BCUT2D eigenvalue weighted by atomic mass is 9.71. The molecule has 1 aromatic carbocycles. The standard InChI is InChI=1S/C36H44N4O3/c1-36(2,3)27-12-15-29-26(18-27)19-31-32(37-29)21-33(38-31)34(42)20-25(7-4-22-5-13-28(41)14-6-22)23-8-10-24(11-9-23)30-16-17-35(43)40-39-30/h8-11,16-17,19,22,25,27-28,41H,4-7,12-15,18,20-21H2,1-3H3,(H,40,43)/t22?,25-,27-,28?/m0/s1. The van der Waals surface area contributed by atoms with E-state index in [-0.39, 0.29) is 28.8 Å². The molecule has 0 spiro atoms. The summed E-state index contributed by atoms with van der Waals surface area (Å²) in [6.45, 7) is 6.96. The Bertz CT molecular complexity index is 1540. The highest BCUT2D eigenvalue weighted by molar-refractivity contribution is 6.41. The molecule has 0 saturated heterocycles. The molecule has 2 aliphatic carbocycles. The van der Waals surface area contributed by atoms with E-state index in [4.69, 9.17) is 9.98 Å². The Morgan fingerprint density at radius 3 is 2.49 bits per heavy atom. The first kappa shape index (κ1) is 29.6. The van der Waals surface area contributed by atoms with Crippen LogP contribution in [-0.4, -0.2) is 37.9 Å².